The third-order valence-electron chi connectivity index (χ3n) is 3.26. The number of nitrogens with two attached hydrogens (primary N) is 1. The van der Waals surface area contributed by atoms with E-state index in [2.05, 4.69) is 4.74 Å². The van der Waals surface area contributed by atoms with Crippen molar-refractivity contribution >= 4 is 5.91 Å². The number of amides is 1. The van der Waals surface area contributed by atoms with Crippen LogP contribution in [0.1, 0.15) is 18.4 Å². The Morgan fingerprint density at radius 2 is 2.10 bits per heavy atom. The molecule has 1 amide bonds. The molecule has 0 saturated carbocycles. The Kier molecular flexibility index (Phi) is 4.17. The average molecular weight is 288 g/mol. The Labute approximate surface area is 114 Å². The first-order valence-corrected chi connectivity index (χ1v) is 6.24. The SMILES string of the molecule is NC(=O)C1CCCN1Cc1ccccc1OC(F)(F)F. The van der Waals surface area contributed by atoms with Gasteiger partial charge in [-0.3, -0.25) is 9.69 Å². The zero-order chi connectivity index (χ0) is 14.8. The summed E-state index contributed by atoms with van der Waals surface area (Å²) in [4.78, 5) is 13.1. The highest BCUT2D eigenvalue weighted by molar-refractivity contribution is 5.80. The van der Waals surface area contributed by atoms with Crippen molar-refractivity contribution in [3.8, 4) is 5.75 Å². The smallest absolute Gasteiger partial charge is 0.405 e. The van der Waals surface area contributed by atoms with Crippen LogP contribution in [0.2, 0.25) is 0 Å². The van der Waals surface area contributed by atoms with E-state index < -0.39 is 18.3 Å². The predicted octanol–water partition coefficient (Wildman–Crippen LogP) is 2.03. The van der Waals surface area contributed by atoms with Crippen LogP contribution in [-0.2, 0) is 11.3 Å². The summed E-state index contributed by atoms with van der Waals surface area (Å²) in [6.45, 7) is 0.841. The number of rotatable bonds is 4. The number of hydrogen-bond acceptors (Lipinski definition) is 3. The van der Waals surface area contributed by atoms with Gasteiger partial charge in [-0.2, -0.15) is 0 Å². The molecule has 0 radical (unpaired) electrons. The second-order valence-corrected chi connectivity index (χ2v) is 4.69. The van der Waals surface area contributed by atoms with Crippen molar-refractivity contribution in [2.45, 2.75) is 31.8 Å². The van der Waals surface area contributed by atoms with Gasteiger partial charge in [0.25, 0.3) is 0 Å². The van der Waals surface area contributed by atoms with E-state index in [1.807, 2.05) is 0 Å². The van der Waals surface area contributed by atoms with Crippen molar-refractivity contribution in [2.24, 2.45) is 5.73 Å². The first kappa shape index (κ1) is 14.6. The summed E-state index contributed by atoms with van der Waals surface area (Å²) in [6, 6.07) is 5.50. The van der Waals surface area contributed by atoms with Crippen molar-refractivity contribution in [2.75, 3.05) is 6.54 Å². The minimum absolute atomic E-state index is 0.208. The van der Waals surface area contributed by atoms with Crippen LogP contribution in [0.25, 0.3) is 0 Å². The van der Waals surface area contributed by atoms with Crippen molar-refractivity contribution < 1.29 is 22.7 Å². The van der Waals surface area contributed by atoms with Crippen molar-refractivity contribution in [1.29, 1.82) is 0 Å². The molecular weight excluding hydrogens is 273 g/mol. The minimum atomic E-state index is -4.73. The lowest BCUT2D eigenvalue weighted by atomic mass is 10.1. The molecule has 0 spiro atoms. The molecule has 1 unspecified atom stereocenters. The third kappa shape index (κ3) is 3.63. The van der Waals surface area contributed by atoms with Crippen molar-refractivity contribution in [3.05, 3.63) is 29.8 Å². The quantitative estimate of drug-likeness (QED) is 0.922. The molecule has 4 nitrogen and oxygen atoms in total. The number of likely N-dealkylation sites (tertiary alicyclic amines) is 1. The Bertz CT molecular complexity index is 491. The van der Waals surface area contributed by atoms with E-state index in [0.29, 0.717) is 18.5 Å². The number of benzene rings is 1. The van der Waals surface area contributed by atoms with E-state index >= 15 is 0 Å². The van der Waals surface area contributed by atoms with Crippen LogP contribution in [-0.4, -0.2) is 29.8 Å². The van der Waals surface area contributed by atoms with Gasteiger partial charge in [0.2, 0.25) is 5.91 Å². The molecule has 0 bridgehead atoms. The van der Waals surface area contributed by atoms with Crippen molar-refractivity contribution in [1.82, 2.24) is 4.90 Å². The molecule has 1 saturated heterocycles. The summed E-state index contributed by atoms with van der Waals surface area (Å²) in [5, 5.41) is 0. The average Bonchev–Trinajstić information content (AvgIpc) is 2.78. The normalized spacial score (nSPS) is 20.1. The highest BCUT2D eigenvalue weighted by Crippen LogP contribution is 2.29. The van der Waals surface area contributed by atoms with E-state index in [9.17, 15) is 18.0 Å². The number of nitrogens with zero attached hydrogens (tertiary/aromatic N) is 1. The highest BCUT2D eigenvalue weighted by atomic mass is 19.4. The van der Waals surface area contributed by atoms with E-state index in [1.165, 1.54) is 12.1 Å². The molecule has 1 fully saturated rings. The zero-order valence-electron chi connectivity index (χ0n) is 10.7. The molecular formula is C13H15F3N2O2. The zero-order valence-corrected chi connectivity index (χ0v) is 10.7. The number of carbonyl (C=O) groups is 1. The van der Waals surface area contributed by atoms with Gasteiger partial charge in [-0.15, -0.1) is 13.2 Å². The Morgan fingerprint density at radius 3 is 2.75 bits per heavy atom. The van der Waals surface area contributed by atoms with E-state index in [1.54, 1.807) is 17.0 Å². The Balaban J connectivity index is 2.15. The van der Waals surface area contributed by atoms with Gasteiger partial charge in [0.1, 0.15) is 5.75 Å². The van der Waals surface area contributed by atoms with Crippen molar-refractivity contribution in [3.63, 3.8) is 0 Å². The van der Waals surface area contributed by atoms with Crippen LogP contribution >= 0.6 is 0 Å². The summed E-state index contributed by atoms with van der Waals surface area (Å²) in [7, 11) is 0. The maximum Gasteiger partial charge on any atom is 0.573 e. The summed E-state index contributed by atoms with van der Waals surface area (Å²) in [5.41, 5.74) is 5.68. The fourth-order valence-corrected chi connectivity index (χ4v) is 2.42. The van der Waals surface area contributed by atoms with Gasteiger partial charge >= 0.3 is 6.36 Å². The molecule has 7 heteroatoms. The topological polar surface area (TPSA) is 55.6 Å². The number of ether oxygens (including phenoxy) is 1. The monoisotopic (exact) mass is 288 g/mol. The van der Waals surface area contributed by atoms with Gasteiger partial charge in [-0.1, -0.05) is 18.2 Å². The molecule has 0 aromatic heterocycles. The first-order chi connectivity index (χ1) is 9.37. The van der Waals surface area contributed by atoms with Gasteiger partial charge in [0, 0.05) is 12.1 Å². The third-order valence-corrected chi connectivity index (χ3v) is 3.26. The van der Waals surface area contributed by atoms with Gasteiger partial charge in [0.15, 0.2) is 0 Å². The standard InChI is InChI=1S/C13H15F3N2O2/c14-13(15,16)20-11-6-2-1-4-9(11)8-18-7-3-5-10(18)12(17)19/h1-2,4,6,10H,3,5,7-8H2,(H2,17,19). The molecule has 1 atom stereocenters. The molecule has 1 heterocycles. The molecule has 2 N–H and O–H groups in total. The number of halogens is 3. The number of carbonyl (C=O) groups excluding carboxylic acids is 1. The first-order valence-electron chi connectivity index (χ1n) is 6.24. The molecule has 110 valence electrons. The van der Waals surface area contributed by atoms with Gasteiger partial charge in [-0.05, 0) is 25.5 Å². The molecule has 1 aliphatic rings. The maximum absolute atomic E-state index is 12.3. The Morgan fingerprint density at radius 1 is 1.40 bits per heavy atom. The van der Waals surface area contributed by atoms with Crippen LogP contribution in [0.15, 0.2) is 24.3 Å². The molecule has 1 aromatic carbocycles. The summed E-state index contributed by atoms with van der Waals surface area (Å²) < 4.78 is 41.0. The number of para-hydroxylation sites is 1. The summed E-state index contributed by atoms with van der Waals surface area (Å²) >= 11 is 0. The molecule has 20 heavy (non-hydrogen) atoms. The molecule has 2 rings (SSSR count). The molecule has 0 aliphatic carbocycles. The molecule has 1 aromatic rings. The van der Waals surface area contributed by atoms with E-state index in [-0.39, 0.29) is 12.3 Å². The van der Waals surface area contributed by atoms with Crippen LogP contribution in [0.3, 0.4) is 0 Å². The second-order valence-electron chi connectivity index (χ2n) is 4.69. The van der Waals surface area contributed by atoms with Crippen LogP contribution in [0.4, 0.5) is 13.2 Å². The van der Waals surface area contributed by atoms with Gasteiger partial charge < -0.3 is 10.5 Å². The molecule has 1 aliphatic heterocycles. The largest absolute Gasteiger partial charge is 0.573 e. The number of primary amides is 1. The van der Waals surface area contributed by atoms with E-state index in [4.69, 9.17) is 5.73 Å². The highest BCUT2D eigenvalue weighted by Gasteiger charge is 2.33. The minimum Gasteiger partial charge on any atom is -0.405 e. The lowest BCUT2D eigenvalue weighted by molar-refractivity contribution is -0.275. The number of hydrogen-bond donors (Lipinski definition) is 1. The fraction of sp³-hybridized carbons (Fsp3) is 0.462. The second kappa shape index (κ2) is 5.70. The fourth-order valence-electron chi connectivity index (χ4n) is 2.42. The lowest BCUT2D eigenvalue weighted by Crippen LogP contribution is -2.39. The lowest BCUT2D eigenvalue weighted by Gasteiger charge is -2.23. The van der Waals surface area contributed by atoms with Gasteiger partial charge in [-0.25, -0.2) is 0 Å². The van der Waals surface area contributed by atoms with Crippen LogP contribution < -0.4 is 10.5 Å². The maximum atomic E-state index is 12.3. The van der Waals surface area contributed by atoms with Gasteiger partial charge in [0.05, 0.1) is 6.04 Å². The number of alkyl halides is 3. The van der Waals surface area contributed by atoms with Crippen LogP contribution in [0, 0.1) is 0 Å². The summed E-state index contributed by atoms with van der Waals surface area (Å²) in [5.74, 6) is -0.688. The van der Waals surface area contributed by atoms with Crippen LogP contribution in [0.5, 0.6) is 5.75 Å². The van der Waals surface area contributed by atoms with E-state index in [0.717, 1.165) is 6.42 Å². The Hall–Kier alpha value is -1.76. The summed E-state index contributed by atoms with van der Waals surface area (Å²) in [6.07, 6.45) is -3.29. The predicted molar refractivity (Wildman–Crippen MR) is 65.8 cm³/mol.